The number of hydrogen-bond acceptors (Lipinski definition) is 2. The lowest BCUT2D eigenvalue weighted by atomic mass is 10.1. The van der Waals surface area contributed by atoms with Gasteiger partial charge in [0.1, 0.15) is 5.75 Å². The maximum atomic E-state index is 12.3. The molecule has 0 fully saturated rings. The van der Waals surface area contributed by atoms with Gasteiger partial charge in [-0.2, -0.15) is 0 Å². The summed E-state index contributed by atoms with van der Waals surface area (Å²) in [6.45, 7) is 10.3. The van der Waals surface area contributed by atoms with Crippen LogP contribution in [0.15, 0.2) is 22.7 Å². The summed E-state index contributed by atoms with van der Waals surface area (Å²) in [6.07, 6.45) is 0.876. The van der Waals surface area contributed by atoms with Gasteiger partial charge in [-0.05, 0) is 57.9 Å². The first-order valence-electron chi connectivity index (χ1n) is 7.09. The van der Waals surface area contributed by atoms with E-state index in [2.05, 4.69) is 22.9 Å². The summed E-state index contributed by atoms with van der Waals surface area (Å²) in [4.78, 5) is 14.1. The van der Waals surface area contributed by atoms with E-state index < -0.39 is 0 Å². The van der Waals surface area contributed by atoms with Crippen LogP contribution in [0.1, 0.15) is 40.2 Å². The van der Waals surface area contributed by atoms with Gasteiger partial charge in [-0.25, -0.2) is 0 Å². The van der Waals surface area contributed by atoms with Crippen molar-refractivity contribution in [1.29, 1.82) is 0 Å². The zero-order chi connectivity index (χ0) is 15.3. The first-order valence-corrected chi connectivity index (χ1v) is 7.88. The second-order valence-electron chi connectivity index (χ2n) is 5.38. The minimum absolute atomic E-state index is 0.0278. The van der Waals surface area contributed by atoms with Crippen LogP contribution < -0.4 is 4.74 Å². The van der Waals surface area contributed by atoms with Crippen molar-refractivity contribution in [2.24, 2.45) is 0 Å². The Balaban J connectivity index is 2.74. The molecule has 1 aromatic rings. The van der Waals surface area contributed by atoms with Crippen molar-refractivity contribution >= 4 is 21.8 Å². The van der Waals surface area contributed by atoms with Gasteiger partial charge in [0.2, 0.25) is 0 Å². The molecule has 0 aromatic heterocycles. The van der Waals surface area contributed by atoms with Crippen molar-refractivity contribution < 1.29 is 9.53 Å². The Labute approximate surface area is 130 Å². The maximum absolute atomic E-state index is 12.3. The standard InChI is InChI=1S/C16H24BrNO2/c1-6-13-9-14(17)7-8-15(13)20-10-16(19)18(11(2)3)12(4)5/h7-9,11-12H,6,10H2,1-5H3. The molecule has 0 unspecified atom stereocenters. The minimum Gasteiger partial charge on any atom is -0.483 e. The summed E-state index contributed by atoms with van der Waals surface area (Å²) in [6, 6.07) is 6.23. The Morgan fingerprint density at radius 2 is 1.85 bits per heavy atom. The van der Waals surface area contributed by atoms with Gasteiger partial charge in [0.05, 0.1) is 0 Å². The second-order valence-corrected chi connectivity index (χ2v) is 6.30. The van der Waals surface area contributed by atoms with Gasteiger partial charge in [0, 0.05) is 16.6 Å². The molecule has 0 N–H and O–H groups in total. The number of nitrogens with zero attached hydrogens (tertiary/aromatic N) is 1. The highest BCUT2D eigenvalue weighted by atomic mass is 79.9. The molecule has 1 aromatic carbocycles. The monoisotopic (exact) mass is 341 g/mol. The van der Waals surface area contributed by atoms with Crippen LogP contribution >= 0.6 is 15.9 Å². The van der Waals surface area contributed by atoms with E-state index in [4.69, 9.17) is 4.74 Å². The van der Waals surface area contributed by atoms with Crippen LogP contribution in [0.2, 0.25) is 0 Å². The topological polar surface area (TPSA) is 29.5 Å². The molecule has 0 saturated carbocycles. The second kappa shape index (κ2) is 7.67. The Morgan fingerprint density at radius 3 is 2.35 bits per heavy atom. The van der Waals surface area contributed by atoms with E-state index in [0.29, 0.717) is 0 Å². The SMILES string of the molecule is CCc1cc(Br)ccc1OCC(=O)N(C(C)C)C(C)C. The summed E-state index contributed by atoms with van der Waals surface area (Å²) in [7, 11) is 0. The molecule has 3 nitrogen and oxygen atoms in total. The van der Waals surface area contributed by atoms with E-state index in [1.165, 1.54) is 0 Å². The number of amides is 1. The van der Waals surface area contributed by atoms with Crippen LogP contribution in [-0.2, 0) is 11.2 Å². The summed E-state index contributed by atoms with van der Waals surface area (Å²) in [5.41, 5.74) is 1.10. The van der Waals surface area contributed by atoms with Crippen LogP contribution in [0.3, 0.4) is 0 Å². The van der Waals surface area contributed by atoms with Gasteiger partial charge in [0.25, 0.3) is 5.91 Å². The molecule has 20 heavy (non-hydrogen) atoms. The normalized spacial score (nSPS) is 11.0. The van der Waals surface area contributed by atoms with Gasteiger partial charge >= 0.3 is 0 Å². The Morgan fingerprint density at radius 1 is 1.25 bits per heavy atom. The molecule has 1 amide bonds. The summed E-state index contributed by atoms with van der Waals surface area (Å²) in [5, 5.41) is 0. The van der Waals surface area contributed by atoms with Crippen LogP contribution in [0.5, 0.6) is 5.75 Å². The van der Waals surface area contributed by atoms with E-state index in [9.17, 15) is 4.79 Å². The quantitative estimate of drug-likeness (QED) is 0.781. The van der Waals surface area contributed by atoms with Crippen LogP contribution in [-0.4, -0.2) is 29.5 Å². The number of rotatable bonds is 6. The number of aryl methyl sites for hydroxylation is 1. The van der Waals surface area contributed by atoms with E-state index in [-0.39, 0.29) is 24.6 Å². The van der Waals surface area contributed by atoms with Crippen molar-refractivity contribution in [3.63, 3.8) is 0 Å². The number of ether oxygens (including phenoxy) is 1. The summed E-state index contributed by atoms with van der Waals surface area (Å²) in [5.74, 6) is 0.816. The minimum atomic E-state index is 0.0278. The van der Waals surface area contributed by atoms with E-state index >= 15 is 0 Å². The maximum Gasteiger partial charge on any atom is 0.260 e. The number of hydrogen-bond donors (Lipinski definition) is 0. The Kier molecular flexibility index (Phi) is 6.53. The lowest BCUT2D eigenvalue weighted by molar-refractivity contribution is -0.137. The predicted molar refractivity (Wildman–Crippen MR) is 86.1 cm³/mol. The van der Waals surface area contributed by atoms with Gasteiger partial charge in [-0.3, -0.25) is 4.79 Å². The zero-order valence-electron chi connectivity index (χ0n) is 12.9. The number of benzene rings is 1. The third kappa shape index (κ3) is 4.51. The zero-order valence-corrected chi connectivity index (χ0v) is 14.5. The molecule has 0 radical (unpaired) electrons. The molecule has 0 aliphatic rings. The molecule has 0 atom stereocenters. The van der Waals surface area contributed by atoms with E-state index in [0.717, 1.165) is 22.2 Å². The largest absolute Gasteiger partial charge is 0.483 e. The van der Waals surface area contributed by atoms with Crippen LogP contribution in [0, 0.1) is 0 Å². The van der Waals surface area contributed by atoms with E-state index in [1.807, 2.05) is 50.8 Å². The van der Waals surface area contributed by atoms with Crippen molar-refractivity contribution in [2.75, 3.05) is 6.61 Å². The molecule has 4 heteroatoms. The molecule has 0 bridgehead atoms. The summed E-state index contributed by atoms with van der Waals surface area (Å²) < 4.78 is 6.74. The van der Waals surface area contributed by atoms with Crippen LogP contribution in [0.25, 0.3) is 0 Å². The van der Waals surface area contributed by atoms with Gasteiger partial charge < -0.3 is 9.64 Å². The first-order chi connectivity index (χ1) is 9.36. The van der Waals surface area contributed by atoms with Crippen molar-refractivity contribution in [2.45, 2.75) is 53.1 Å². The highest BCUT2D eigenvalue weighted by Crippen LogP contribution is 2.23. The summed E-state index contributed by atoms with van der Waals surface area (Å²) >= 11 is 3.45. The molecule has 112 valence electrons. The number of carbonyl (C=O) groups is 1. The fourth-order valence-electron chi connectivity index (χ4n) is 2.35. The van der Waals surface area contributed by atoms with Crippen molar-refractivity contribution in [3.05, 3.63) is 28.2 Å². The lowest BCUT2D eigenvalue weighted by Crippen LogP contribution is -2.44. The first kappa shape index (κ1) is 17.0. The van der Waals surface area contributed by atoms with Crippen molar-refractivity contribution in [1.82, 2.24) is 4.90 Å². The number of halogens is 1. The molecular formula is C16H24BrNO2. The lowest BCUT2D eigenvalue weighted by Gasteiger charge is -2.30. The smallest absolute Gasteiger partial charge is 0.260 e. The third-order valence-corrected chi connectivity index (χ3v) is 3.65. The Hall–Kier alpha value is -1.03. The van der Waals surface area contributed by atoms with Gasteiger partial charge in [-0.1, -0.05) is 22.9 Å². The molecule has 0 saturated heterocycles. The average molecular weight is 342 g/mol. The molecule has 0 spiro atoms. The third-order valence-electron chi connectivity index (χ3n) is 3.16. The fourth-order valence-corrected chi connectivity index (χ4v) is 2.76. The molecule has 0 aliphatic carbocycles. The van der Waals surface area contributed by atoms with Gasteiger partial charge in [-0.15, -0.1) is 0 Å². The number of carbonyl (C=O) groups excluding carboxylic acids is 1. The molecule has 0 aliphatic heterocycles. The van der Waals surface area contributed by atoms with Crippen molar-refractivity contribution in [3.8, 4) is 5.75 Å². The molecule has 1 rings (SSSR count). The molecular weight excluding hydrogens is 318 g/mol. The van der Waals surface area contributed by atoms with Gasteiger partial charge in [0.15, 0.2) is 6.61 Å². The Bertz CT molecular complexity index is 450. The average Bonchev–Trinajstić information content (AvgIpc) is 2.36. The fraction of sp³-hybridized carbons (Fsp3) is 0.562. The molecule has 0 heterocycles. The predicted octanol–water partition coefficient (Wildman–Crippen LogP) is 4.04. The van der Waals surface area contributed by atoms with E-state index in [1.54, 1.807) is 0 Å². The highest BCUT2D eigenvalue weighted by molar-refractivity contribution is 9.10. The highest BCUT2D eigenvalue weighted by Gasteiger charge is 2.20. The van der Waals surface area contributed by atoms with Crippen LogP contribution in [0.4, 0.5) is 0 Å².